The molecule has 2 aromatic heterocycles. The van der Waals surface area contributed by atoms with Crippen LogP contribution in [0.2, 0.25) is 0 Å². The Morgan fingerprint density at radius 1 is 1.05 bits per heavy atom. The van der Waals surface area contributed by atoms with Gasteiger partial charge >= 0.3 is 0 Å². The number of hydrogen-bond donors (Lipinski definition) is 2. The number of aromatic nitrogens is 2. The molecular weight excluding hydrogens is 246 g/mol. The number of H-pyrrole nitrogens is 1. The first kappa shape index (κ1) is 12.6. The van der Waals surface area contributed by atoms with Gasteiger partial charge in [0.2, 0.25) is 5.69 Å². The van der Waals surface area contributed by atoms with E-state index < -0.39 is 0 Å². The molecule has 0 amide bonds. The lowest BCUT2D eigenvalue weighted by atomic mass is 10.1. The van der Waals surface area contributed by atoms with Gasteiger partial charge in [0, 0.05) is 35.3 Å². The average molecular weight is 264 g/mol. The molecule has 0 aliphatic carbocycles. The minimum Gasteiger partial charge on any atom is -0.361 e. The van der Waals surface area contributed by atoms with Crippen molar-refractivity contribution in [1.82, 2.24) is 4.98 Å². The monoisotopic (exact) mass is 264 g/mol. The SMILES string of the molecule is NCC[n+]1ccccc1/C=C/c1c[nH]c2ccccc12. The number of hydrogen-bond acceptors (Lipinski definition) is 1. The van der Waals surface area contributed by atoms with Gasteiger partial charge in [0.05, 0.1) is 6.54 Å². The van der Waals surface area contributed by atoms with Crippen molar-refractivity contribution in [2.75, 3.05) is 6.54 Å². The van der Waals surface area contributed by atoms with E-state index in [1.54, 1.807) is 0 Å². The summed E-state index contributed by atoms with van der Waals surface area (Å²) in [6, 6.07) is 14.5. The summed E-state index contributed by atoms with van der Waals surface area (Å²) in [4.78, 5) is 3.29. The van der Waals surface area contributed by atoms with Gasteiger partial charge in [-0.15, -0.1) is 0 Å². The largest absolute Gasteiger partial charge is 0.361 e. The Bertz CT molecular complexity index is 741. The van der Waals surface area contributed by atoms with Crippen molar-refractivity contribution in [3.8, 4) is 0 Å². The van der Waals surface area contributed by atoms with E-state index in [2.05, 4.69) is 52.2 Å². The molecule has 1 aromatic carbocycles. The van der Waals surface area contributed by atoms with Crippen LogP contribution in [0.3, 0.4) is 0 Å². The third kappa shape index (κ3) is 2.49. The van der Waals surface area contributed by atoms with Gasteiger partial charge in [-0.3, -0.25) is 0 Å². The first-order valence-electron chi connectivity index (χ1n) is 6.81. The number of nitrogens with two attached hydrogens (primary N) is 1. The second kappa shape index (κ2) is 5.72. The van der Waals surface area contributed by atoms with Crippen LogP contribution in [0, 0.1) is 0 Å². The van der Waals surface area contributed by atoms with Crippen molar-refractivity contribution in [2.24, 2.45) is 5.73 Å². The summed E-state index contributed by atoms with van der Waals surface area (Å²) in [5, 5.41) is 1.24. The van der Waals surface area contributed by atoms with Crippen LogP contribution in [-0.4, -0.2) is 11.5 Å². The first-order valence-corrected chi connectivity index (χ1v) is 6.81. The third-order valence-electron chi connectivity index (χ3n) is 3.40. The molecule has 0 saturated carbocycles. The quantitative estimate of drug-likeness (QED) is 0.699. The zero-order valence-corrected chi connectivity index (χ0v) is 11.3. The van der Waals surface area contributed by atoms with E-state index in [1.165, 1.54) is 10.9 Å². The van der Waals surface area contributed by atoms with Crippen LogP contribution in [0.5, 0.6) is 0 Å². The molecule has 3 rings (SSSR count). The van der Waals surface area contributed by atoms with Crippen molar-refractivity contribution in [2.45, 2.75) is 6.54 Å². The number of fused-ring (bicyclic) bond motifs is 1. The van der Waals surface area contributed by atoms with Gasteiger partial charge in [-0.1, -0.05) is 18.2 Å². The highest BCUT2D eigenvalue weighted by atomic mass is 15.0. The topological polar surface area (TPSA) is 45.7 Å². The maximum atomic E-state index is 5.64. The maximum absolute atomic E-state index is 5.64. The summed E-state index contributed by atoms with van der Waals surface area (Å²) in [6.45, 7) is 1.47. The highest BCUT2D eigenvalue weighted by Gasteiger charge is 2.05. The normalized spacial score (nSPS) is 11.4. The Morgan fingerprint density at radius 3 is 2.80 bits per heavy atom. The van der Waals surface area contributed by atoms with E-state index in [9.17, 15) is 0 Å². The van der Waals surface area contributed by atoms with Crippen molar-refractivity contribution < 1.29 is 4.57 Å². The van der Waals surface area contributed by atoms with Crippen LogP contribution in [0.15, 0.2) is 54.9 Å². The summed E-state index contributed by atoms with van der Waals surface area (Å²) in [5.41, 5.74) is 9.16. The van der Waals surface area contributed by atoms with Crippen LogP contribution in [0.4, 0.5) is 0 Å². The lowest BCUT2D eigenvalue weighted by Crippen LogP contribution is -2.39. The molecule has 0 aliphatic rings. The third-order valence-corrected chi connectivity index (χ3v) is 3.40. The molecule has 3 nitrogen and oxygen atoms in total. The zero-order chi connectivity index (χ0) is 13.8. The van der Waals surface area contributed by atoms with E-state index in [0.29, 0.717) is 6.54 Å². The van der Waals surface area contributed by atoms with Crippen molar-refractivity contribution in [1.29, 1.82) is 0 Å². The van der Waals surface area contributed by atoms with Gasteiger partial charge in [0.1, 0.15) is 0 Å². The van der Waals surface area contributed by atoms with Crippen molar-refractivity contribution >= 4 is 23.1 Å². The van der Waals surface area contributed by atoms with Crippen LogP contribution >= 0.6 is 0 Å². The molecule has 0 radical (unpaired) electrons. The molecule has 20 heavy (non-hydrogen) atoms. The van der Waals surface area contributed by atoms with E-state index in [-0.39, 0.29) is 0 Å². The maximum Gasteiger partial charge on any atom is 0.205 e. The molecule has 3 heteroatoms. The molecule has 2 heterocycles. The molecule has 0 unspecified atom stereocenters. The first-order chi connectivity index (χ1) is 9.88. The molecule has 0 spiro atoms. The molecule has 0 atom stereocenters. The summed E-state index contributed by atoms with van der Waals surface area (Å²) < 4.78 is 2.16. The fraction of sp³-hybridized carbons (Fsp3) is 0.118. The number of pyridine rings is 1. The lowest BCUT2D eigenvalue weighted by Gasteiger charge is -1.98. The van der Waals surface area contributed by atoms with Gasteiger partial charge in [-0.25, -0.2) is 0 Å². The van der Waals surface area contributed by atoms with Crippen LogP contribution in [0.1, 0.15) is 11.3 Å². The molecule has 3 N–H and O–H groups in total. The number of para-hydroxylation sites is 1. The Kier molecular flexibility index (Phi) is 3.61. The van der Waals surface area contributed by atoms with E-state index in [0.717, 1.165) is 17.8 Å². The molecule has 0 bridgehead atoms. The predicted molar refractivity (Wildman–Crippen MR) is 82.9 cm³/mol. The molecular formula is C17H18N3+. The standard InChI is InChI=1S/C17H17N3/c18-10-12-20-11-4-3-5-15(20)9-8-14-13-19-17-7-2-1-6-16(14)17/h1-9,11,13H,10,12,18H2/p+1. The van der Waals surface area contributed by atoms with Crippen LogP contribution in [-0.2, 0) is 6.54 Å². The summed E-state index contributed by atoms with van der Waals surface area (Å²) in [5.74, 6) is 0. The van der Waals surface area contributed by atoms with Crippen molar-refractivity contribution in [3.05, 3.63) is 66.1 Å². The molecule has 0 aliphatic heterocycles. The van der Waals surface area contributed by atoms with Gasteiger partial charge in [-0.05, 0) is 23.8 Å². The summed E-state index contributed by atoms with van der Waals surface area (Å²) in [6.07, 6.45) is 8.37. The fourth-order valence-corrected chi connectivity index (χ4v) is 2.39. The minimum atomic E-state index is 0.641. The van der Waals surface area contributed by atoms with Crippen molar-refractivity contribution in [3.63, 3.8) is 0 Å². The molecule has 0 fully saturated rings. The highest BCUT2D eigenvalue weighted by molar-refractivity contribution is 5.91. The Labute approximate surface area is 118 Å². The van der Waals surface area contributed by atoms with Crippen LogP contribution in [0.25, 0.3) is 23.1 Å². The Morgan fingerprint density at radius 2 is 1.90 bits per heavy atom. The lowest BCUT2D eigenvalue weighted by molar-refractivity contribution is -0.696. The van der Waals surface area contributed by atoms with E-state index >= 15 is 0 Å². The number of nitrogens with zero attached hydrogens (tertiary/aromatic N) is 1. The number of nitrogens with one attached hydrogen (secondary N) is 1. The van der Waals surface area contributed by atoms with Gasteiger partial charge in [0.25, 0.3) is 0 Å². The Hall–Kier alpha value is -2.39. The molecule has 3 aromatic rings. The Balaban J connectivity index is 1.94. The van der Waals surface area contributed by atoms with Gasteiger partial charge in [-0.2, -0.15) is 4.57 Å². The van der Waals surface area contributed by atoms with Gasteiger partial charge < -0.3 is 10.7 Å². The number of benzene rings is 1. The van der Waals surface area contributed by atoms with E-state index in [1.807, 2.05) is 24.4 Å². The van der Waals surface area contributed by atoms with Crippen LogP contribution < -0.4 is 10.3 Å². The van der Waals surface area contributed by atoms with E-state index in [4.69, 9.17) is 5.73 Å². The summed E-state index contributed by atoms with van der Waals surface area (Å²) >= 11 is 0. The average Bonchev–Trinajstić information content (AvgIpc) is 2.90. The number of aromatic amines is 1. The fourth-order valence-electron chi connectivity index (χ4n) is 2.39. The summed E-state index contributed by atoms with van der Waals surface area (Å²) in [7, 11) is 0. The molecule has 100 valence electrons. The number of rotatable bonds is 4. The molecule has 0 saturated heterocycles. The van der Waals surface area contributed by atoms with Gasteiger partial charge in [0.15, 0.2) is 12.7 Å². The second-order valence-electron chi connectivity index (χ2n) is 4.73. The zero-order valence-electron chi connectivity index (χ0n) is 11.3. The minimum absolute atomic E-state index is 0.641. The highest BCUT2D eigenvalue weighted by Crippen LogP contribution is 2.19. The predicted octanol–water partition coefficient (Wildman–Crippen LogP) is 2.58. The second-order valence-corrected chi connectivity index (χ2v) is 4.73. The smallest absolute Gasteiger partial charge is 0.205 e.